The fourth-order valence-electron chi connectivity index (χ4n) is 10.8. The summed E-state index contributed by atoms with van der Waals surface area (Å²) in [6, 6.07) is 79.8. The summed E-state index contributed by atoms with van der Waals surface area (Å²) in [4.78, 5) is 16.0. The zero-order chi connectivity index (χ0) is 50.0. The molecule has 0 fully saturated rings. The zero-order valence-electron chi connectivity index (χ0n) is 41.5. The third kappa shape index (κ3) is 7.53. The first-order valence-corrected chi connectivity index (χ1v) is 25.1. The lowest BCUT2D eigenvalue weighted by Gasteiger charge is -2.24. The number of nitriles is 1. The molecular formula is C68H48N6. The van der Waals surface area contributed by atoms with Crippen molar-refractivity contribution in [2.75, 3.05) is 0 Å². The molecule has 0 bridgehead atoms. The minimum atomic E-state index is 0.451. The molecule has 0 saturated carbocycles. The van der Waals surface area contributed by atoms with E-state index < -0.39 is 0 Å². The number of benzene rings is 10. The van der Waals surface area contributed by atoms with Gasteiger partial charge in [0.2, 0.25) is 0 Å². The molecule has 0 aliphatic rings. The summed E-state index contributed by atoms with van der Waals surface area (Å²) >= 11 is 0. The van der Waals surface area contributed by atoms with Crippen LogP contribution in [0.15, 0.2) is 218 Å². The van der Waals surface area contributed by atoms with E-state index in [9.17, 15) is 5.26 Å². The van der Waals surface area contributed by atoms with Crippen LogP contribution in [0.5, 0.6) is 0 Å². The number of aromatic nitrogens is 5. The highest BCUT2D eigenvalue weighted by Crippen LogP contribution is 2.48. The van der Waals surface area contributed by atoms with Crippen LogP contribution in [-0.2, 0) is 0 Å². The van der Waals surface area contributed by atoms with E-state index in [2.05, 4.69) is 188 Å². The van der Waals surface area contributed by atoms with Crippen LogP contribution in [0.4, 0.5) is 0 Å². The maximum Gasteiger partial charge on any atom is 0.166 e. The Morgan fingerprint density at radius 2 is 0.689 bits per heavy atom. The number of hydrogen-bond donors (Lipinski definition) is 0. The lowest BCUT2D eigenvalue weighted by atomic mass is 9.93. The molecule has 13 aromatic rings. The summed E-state index contributed by atoms with van der Waals surface area (Å²) in [7, 11) is 0. The van der Waals surface area contributed by atoms with Gasteiger partial charge in [-0.1, -0.05) is 186 Å². The van der Waals surface area contributed by atoms with E-state index in [1.807, 2.05) is 72.8 Å². The van der Waals surface area contributed by atoms with Gasteiger partial charge in [0, 0.05) is 43.8 Å². The van der Waals surface area contributed by atoms with Crippen LogP contribution in [0.3, 0.4) is 0 Å². The Morgan fingerprint density at radius 3 is 1.14 bits per heavy atom. The third-order valence-corrected chi connectivity index (χ3v) is 14.5. The molecule has 10 aromatic carbocycles. The molecular weight excluding hydrogens is 901 g/mol. The van der Waals surface area contributed by atoms with Gasteiger partial charge in [0.1, 0.15) is 6.07 Å². The number of nitrogens with zero attached hydrogens (tertiary/aromatic N) is 6. The van der Waals surface area contributed by atoms with Gasteiger partial charge < -0.3 is 9.13 Å². The molecule has 0 amide bonds. The van der Waals surface area contributed by atoms with Gasteiger partial charge in [-0.15, -0.1) is 0 Å². The van der Waals surface area contributed by atoms with Crippen LogP contribution in [0.2, 0.25) is 0 Å². The van der Waals surface area contributed by atoms with Crippen LogP contribution in [-0.4, -0.2) is 24.1 Å². The number of hydrogen-bond acceptors (Lipinski definition) is 4. The van der Waals surface area contributed by atoms with E-state index in [4.69, 9.17) is 15.0 Å². The van der Waals surface area contributed by atoms with Gasteiger partial charge in [0.05, 0.1) is 39.0 Å². The first-order valence-electron chi connectivity index (χ1n) is 25.1. The maximum atomic E-state index is 11.9. The van der Waals surface area contributed by atoms with E-state index in [1.54, 1.807) is 0 Å². The monoisotopic (exact) mass is 948 g/mol. The fraction of sp³-hybridized carbons (Fsp3) is 0.0588. The second-order valence-electron chi connectivity index (χ2n) is 19.5. The quantitative estimate of drug-likeness (QED) is 0.152. The second-order valence-corrected chi connectivity index (χ2v) is 19.5. The molecule has 6 heteroatoms. The maximum absolute atomic E-state index is 11.9. The number of fused-ring (bicyclic) bond motifs is 6. The smallest absolute Gasteiger partial charge is 0.166 e. The molecule has 0 N–H and O–H groups in total. The van der Waals surface area contributed by atoms with Crippen LogP contribution >= 0.6 is 0 Å². The van der Waals surface area contributed by atoms with Crippen molar-refractivity contribution in [2.45, 2.75) is 27.7 Å². The molecule has 0 aliphatic carbocycles. The largest absolute Gasteiger partial charge is 0.308 e. The topological polar surface area (TPSA) is 72.3 Å². The highest BCUT2D eigenvalue weighted by Gasteiger charge is 2.30. The Labute approximate surface area is 429 Å². The van der Waals surface area contributed by atoms with E-state index in [1.165, 1.54) is 11.1 Å². The van der Waals surface area contributed by atoms with Crippen LogP contribution in [0.1, 0.15) is 27.8 Å². The Morgan fingerprint density at radius 1 is 0.324 bits per heavy atom. The normalized spacial score (nSPS) is 11.5. The van der Waals surface area contributed by atoms with Gasteiger partial charge in [-0.3, -0.25) is 0 Å². The molecule has 0 atom stereocenters. The molecule has 0 saturated heterocycles. The Hall–Kier alpha value is -9.70. The Kier molecular flexibility index (Phi) is 10.7. The van der Waals surface area contributed by atoms with Crippen molar-refractivity contribution in [3.8, 4) is 85.0 Å². The van der Waals surface area contributed by atoms with Gasteiger partial charge >= 0.3 is 0 Å². The van der Waals surface area contributed by atoms with E-state index >= 15 is 0 Å². The predicted octanol–water partition coefficient (Wildman–Crippen LogP) is 17.2. The first-order chi connectivity index (χ1) is 36.3. The lowest BCUT2D eigenvalue weighted by Crippen LogP contribution is -2.10. The Balaban J connectivity index is 1.22. The summed E-state index contributed by atoms with van der Waals surface area (Å²) in [5.41, 5.74) is 19.6. The molecule has 3 heterocycles. The highest BCUT2D eigenvalue weighted by atomic mass is 15.1. The van der Waals surface area contributed by atoms with Gasteiger partial charge in [-0.2, -0.15) is 5.26 Å². The molecule has 0 unspecified atom stereocenters. The van der Waals surface area contributed by atoms with Gasteiger partial charge in [0.25, 0.3) is 0 Å². The number of aryl methyl sites for hydroxylation is 4. The minimum Gasteiger partial charge on any atom is -0.308 e. The van der Waals surface area contributed by atoms with Crippen LogP contribution in [0.25, 0.3) is 123 Å². The van der Waals surface area contributed by atoms with Gasteiger partial charge in [-0.05, 0) is 110 Å². The van der Waals surface area contributed by atoms with E-state index in [0.717, 1.165) is 111 Å². The predicted molar refractivity (Wildman–Crippen MR) is 305 cm³/mol. The highest BCUT2D eigenvalue weighted by molar-refractivity contribution is 6.14. The van der Waals surface area contributed by atoms with Crippen LogP contribution < -0.4 is 0 Å². The third-order valence-electron chi connectivity index (χ3n) is 14.5. The van der Waals surface area contributed by atoms with Crippen LogP contribution in [0, 0.1) is 39.0 Å². The van der Waals surface area contributed by atoms with Crippen molar-refractivity contribution in [1.82, 2.24) is 24.1 Å². The standard InChI is InChI=1S/C68H48N6/c1-42-20-26-46(27-21-42)51-30-34-61-56(38-51)54-36-44(3)24-32-59(54)73(61)64-53(41-69)40-58(68-71-66(49-16-10-6-11-17-49)70-67(72-68)50-18-12-7-13-19-50)65(63(64)48-14-8-5-9-15-48)74-60-33-25-45(4)37-55(60)57-39-52(31-35-62(57)74)47-28-22-43(2)23-29-47/h5-40H,1-4H3. The molecule has 0 radical (unpaired) electrons. The summed E-state index contributed by atoms with van der Waals surface area (Å²) in [6.45, 7) is 8.54. The second kappa shape index (κ2) is 17.9. The molecule has 350 valence electrons. The molecule has 13 rings (SSSR count). The van der Waals surface area contributed by atoms with Gasteiger partial charge in [-0.25, -0.2) is 15.0 Å². The SMILES string of the molecule is Cc1ccc(-c2ccc3c(c2)c2cc(C)ccc2n3-c2c(C#N)cc(-c3nc(-c4ccccc4)nc(-c4ccccc4)n3)c(-n3c4ccc(C)cc4c4cc(-c5ccc(C)cc5)ccc43)c2-c2ccccc2)cc1. The lowest BCUT2D eigenvalue weighted by molar-refractivity contribution is 1.06. The minimum absolute atomic E-state index is 0.451. The number of rotatable bonds is 8. The van der Waals surface area contributed by atoms with E-state index in [0.29, 0.717) is 28.6 Å². The summed E-state index contributed by atoms with van der Waals surface area (Å²) in [5, 5.41) is 16.3. The summed E-state index contributed by atoms with van der Waals surface area (Å²) < 4.78 is 4.72. The van der Waals surface area contributed by atoms with Gasteiger partial charge in [0.15, 0.2) is 17.5 Å². The average molecular weight is 949 g/mol. The summed E-state index contributed by atoms with van der Waals surface area (Å²) in [6.07, 6.45) is 0. The molecule has 6 nitrogen and oxygen atoms in total. The van der Waals surface area contributed by atoms with Crippen molar-refractivity contribution in [2.24, 2.45) is 0 Å². The van der Waals surface area contributed by atoms with E-state index in [-0.39, 0.29) is 0 Å². The molecule has 3 aromatic heterocycles. The van der Waals surface area contributed by atoms with Crippen molar-refractivity contribution < 1.29 is 0 Å². The molecule has 0 spiro atoms. The van der Waals surface area contributed by atoms with Crippen molar-refractivity contribution in [1.29, 1.82) is 5.26 Å². The average Bonchev–Trinajstić information content (AvgIpc) is 3.95. The fourth-order valence-corrected chi connectivity index (χ4v) is 10.8. The van der Waals surface area contributed by atoms with Crippen molar-refractivity contribution >= 4 is 43.6 Å². The molecule has 0 aliphatic heterocycles. The zero-order valence-corrected chi connectivity index (χ0v) is 41.5. The van der Waals surface area contributed by atoms with Crippen molar-refractivity contribution in [3.05, 3.63) is 246 Å². The molecule has 74 heavy (non-hydrogen) atoms. The van der Waals surface area contributed by atoms with Crippen molar-refractivity contribution in [3.63, 3.8) is 0 Å². The summed E-state index contributed by atoms with van der Waals surface area (Å²) in [5.74, 6) is 1.52. The Bertz CT molecular complexity index is 4310. The first kappa shape index (κ1) is 44.3.